The Hall–Kier alpha value is -3.59. The first-order valence-corrected chi connectivity index (χ1v) is 13.9. The van der Waals surface area contributed by atoms with E-state index in [0.717, 1.165) is 22.7 Å². The summed E-state index contributed by atoms with van der Waals surface area (Å²) in [4.78, 5) is 42.0. The van der Waals surface area contributed by atoms with Gasteiger partial charge in [-0.1, -0.05) is 25.5 Å². The van der Waals surface area contributed by atoms with E-state index in [0.29, 0.717) is 41.1 Å². The molecule has 0 saturated heterocycles. The average molecular weight is 538 g/mol. The molecule has 2 aromatic rings. The van der Waals surface area contributed by atoms with Gasteiger partial charge in [0, 0.05) is 33.7 Å². The van der Waals surface area contributed by atoms with Gasteiger partial charge in [0.2, 0.25) is 6.79 Å². The van der Waals surface area contributed by atoms with Crippen molar-refractivity contribution in [3.05, 3.63) is 68.7 Å². The van der Waals surface area contributed by atoms with Crippen LogP contribution in [0.25, 0.3) is 0 Å². The number of hydrogen-bond acceptors (Lipinski definition) is 9. The van der Waals surface area contributed by atoms with E-state index in [4.69, 9.17) is 18.9 Å². The van der Waals surface area contributed by atoms with E-state index in [1.165, 1.54) is 11.3 Å². The van der Waals surface area contributed by atoms with Crippen LogP contribution in [-0.2, 0) is 23.9 Å². The topological polar surface area (TPSA) is 100 Å². The maximum Gasteiger partial charge on any atom is 0.336 e. The SMILES string of the molecule is CCCC1=C(C(=O)OCC)[C@H](c2ccc3c(c2)OCO3)C2=C(C[C@@H](c3cccs3)[C@H](C(=O)OCC)C2=O)N1. The zero-order chi connectivity index (χ0) is 26.8. The summed E-state index contributed by atoms with van der Waals surface area (Å²) in [5.74, 6) is -2.33. The standard InChI is InChI=1S/C29H31NO7S/c1-4-8-18-26(29(33)35-6-3)23(16-10-11-20-21(13-16)37-15-36-20)25-19(30-18)14-17(22-9-7-12-38-22)24(27(25)31)28(32)34-5-2/h7,9-13,17,23-24,30H,4-6,8,14-15H2,1-3H3/t17-,23+,24-/m0/s1. The first-order chi connectivity index (χ1) is 18.5. The lowest BCUT2D eigenvalue weighted by Gasteiger charge is -2.39. The Balaban J connectivity index is 1.70. The van der Waals surface area contributed by atoms with Gasteiger partial charge in [0.1, 0.15) is 5.92 Å². The maximum atomic E-state index is 14.4. The van der Waals surface area contributed by atoms with Crippen LogP contribution in [0, 0.1) is 5.92 Å². The van der Waals surface area contributed by atoms with Crippen molar-refractivity contribution in [3.8, 4) is 11.5 Å². The Labute approximate surface area is 225 Å². The summed E-state index contributed by atoms with van der Waals surface area (Å²) in [6.45, 7) is 5.99. The largest absolute Gasteiger partial charge is 0.465 e. The van der Waals surface area contributed by atoms with E-state index < -0.39 is 23.8 Å². The van der Waals surface area contributed by atoms with Crippen molar-refractivity contribution in [1.29, 1.82) is 0 Å². The summed E-state index contributed by atoms with van der Waals surface area (Å²) >= 11 is 1.52. The van der Waals surface area contributed by atoms with Crippen molar-refractivity contribution in [2.24, 2.45) is 5.92 Å². The third-order valence-corrected chi connectivity index (χ3v) is 8.08. The number of rotatable bonds is 8. The fraction of sp³-hybridized carbons (Fsp3) is 0.414. The van der Waals surface area contributed by atoms with Crippen molar-refractivity contribution in [2.45, 2.75) is 51.9 Å². The number of carbonyl (C=O) groups is 3. The van der Waals surface area contributed by atoms with Crippen LogP contribution in [0.1, 0.15) is 62.3 Å². The number of Topliss-reactive ketones (excluding diaryl/α,β-unsaturated/α-hetero) is 1. The second kappa shape index (κ2) is 11.0. The minimum absolute atomic E-state index is 0.104. The Kier molecular flexibility index (Phi) is 7.56. The van der Waals surface area contributed by atoms with Crippen LogP contribution in [-0.4, -0.2) is 37.7 Å². The highest BCUT2D eigenvalue weighted by Crippen LogP contribution is 2.50. The van der Waals surface area contributed by atoms with Crippen LogP contribution >= 0.6 is 11.3 Å². The van der Waals surface area contributed by atoms with Gasteiger partial charge in [-0.15, -0.1) is 11.3 Å². The van der Waals surface area contributed by atoms with Gasteiger partial charge in [0.05, 0.1) is 18.8 Å². The normalized spacial score (nSPS) is 22.2. The third kappa shape index (κ3) is 4.60. The summed E-state index contributed by atoms with van der Waals surface area (Å²) in [5, 5.41) is 5.39. The van der Waals surface area contributed by atoms with Gasteiger partial charge in [-0.25, -0.2) is 4.79 Å². The third-order valence-electron chi connectivity index (χ3n) is 7.08. The van der Waals surface area contributed by atoms with Gasteiger partial charge in [-0.05, 0) is 55.8 Å². The second-order valence-corrected chi connectivity index (χ2v) is 10.3. The molecule has 2 aliphatic heterocycles. The lowest BCUT2D eigenvalue weighted by Crippen LogP contribution is -2.43. The van der Waals surface area contributed by atoms with E-state index in [-0.39, 0.29) is 31.7 Å². The van der Waals surface area contributed by atoms with Crippen molar-refractivity contribution >= 4 is 29.1 Å². The van der Waals surface area contributed by atoms with Gasteiger partial charge >= 0.3 is 11.9 Å². The number of ketones is 1. The Morgan fingerprint density at radius 3 is 2.58 bits per heavy atom. The lowest BCUT2D eigenvalue weighted by atomic mass is 9.68. The molecule has 3 heterocycles. The number of thiophene rings is 1. The molecular weight excluding hydrogens is 506 g/mol. The molecular formula is C29H31NO7S. The molecule has 1 aliphatic carbocycles. The number of fused-ring (bicyclic) bond motifs is 1. The number of carbonyl (C=O) groups excluding carboxylic acids is 3. The van der Waals surface area contributed by atoms with Gasteiger partial charge in [-0.3, -0.25) is 9.59 Å². The fourth-order valence-electron chi connectivity index (χ4n) is 5.54. The number of allylic oxidation sites excluding steroid dienone is 3. The molecule has 8 nitrogen and oxygen atoms in total. The maximum absolute atomic E-state index is 14.4. The molecule has 0 fully saturated rings. The van der Waals surface area contributed by atoms with Crippen LogP contribution in [0.15, 0.2) is 58.3 Å². The first kappa shape index (κ1) is 26.0. The number of dihydropyridines is 1. The molecule has 38 heavy (non-hydrogen) atoms. The Morgan fingerprint density at radius 2 is 1.87 bits per heavy atom. The molecule has 1 N–H and O–H groups in total. The average Bonchev–Trinajstić information content (AvgIpc) is 3.60. The monoisotopic (exact) mass is 537 g/mol. The van der Waals surface area contributed by atoms with Crippen LogP contribution in [0.2, 0.25) is 0 Å². The first-order valence-electron chi connectivity index (χ1n) is 13.0. The second-order valence-electron chi connectivity index (χ2n) is 9.35. The number of nitrogens with one attached hydrogen (secondary N) is 1. The molecule has 0 radical (unpaired) electrons. The van der Waals surface area contributed by atoms with Gasteiger partial charge in [0.25, 0.3) is 0 Å². The van der Waals surface area contributed by atoms with Crippen LogP contribution in [0.3, 0.4) is 0 Å². The van der Waals surface area contributed by atoms with E-state index >= 15 is 0 Å². The molecule has 1 aromatic carbocycles. The predicted octanol–water partition coefficient (Wildman–Crippen LogP) is 4.97. The van der Waals surface area contributed by atoms with Gasteiger partial charge in [0.15, 0.2) is 17.3 Å². The molecule has 5 rings (SSSR count). The highest BCUT2D eigenvalue weighted by Gasteiger charge is 2.49. The van der Waals surface area contributed by atoms with E-state index in [9.17, 15) is 14.4 Å². The molecule has 0 unspecified atom stereocenters. The van der Waals surface area contributed by atoms with Gasteiger partial charge < -0.3 is 24.3 Å². The number of ether oxygens (including phenoxy) is 4. The lowest BCUT2D eigenvalue weighted by molar-refractivity contribution is -0.152. The summed E-state index contributed by atoms with van der Waals surface area (Å²) in [5.41, 5.74) is 2.95. The number of hydrogen-bond donors (Lipinski definition) is 1. The zero-order valence-electron chi connectivity index (χ0n) is 21.7. The van der Waals surface area contributed by atoms with Crippen LogP contribution in [0.5, 0.6) is 11.5 Å². The molecule has 9 heteroatoms. The van der Waals surface area contributed by atoms with E-state index in [1.54, 1.807) is 19.9 Å². The van der Waals surface area contributed by atoms with Crippen LogP contribution in [0.4, 0.5) is 0 Å². The quantitative estimate of drug-likeness (QED) is 0.372. The molecule has 0 amide bonds. The van der Waals surface area contributed by atoms with Gasteiger partial charge in [-0.2, -0.15) is 0 Å². The number of esters is 2. The Bertz CT molecular complexity index is 1310. The zero-order valence-corrected chi connectivity index (χ0v) is 22.5. The van der Waals surface area contributed by atoms with E-state index in [1.807, 2.05) is 36.6 Å². The number of benzene rings is 1. The highest BCUT2D eigenvalue weighted by atomic mass is 32.1. The molecule has 0 bridgehead atoms. The summed E-state index contributed by atoms with van der Waals surface area (Å²) in [6, 6.07) is 9.30. The molecule has 200 valence electrons. The smallest absolute Gasteiger partial charge is 0.336 e. The summed E-state index contributed by atoms with van der Waals surface area (Å²) in [6.07, 6.45) is 1.83. The Morgan fingerprint density at radius 1 is 1.08 bits per heavy atom. The predicted molar refractivity (Wildman–Crippen MR) is 141 cm³/mol. The summed E-state index contributed by atoms with van der Waals surface area (Å²) in [7, 11) is 0. The minimum Gasteiger partial charge on any atom is -0.465 e. The fourth-order valence-corrected chi connectivity index (χ4v) is 6.41. The molecule has 0 saturated carbocycles. The van der Waals surface area contributed by atoms with Crippen molar-refractivity contribution in [1.82, 2.24) is 5.32 Å². The minimum atomic E-state index is -1.01. The van der Waals surface area contributed by atoms with Crippen molar-refractivity contribution < 1.29 is 33.3 Å². The summed E-state index contributed by atoms with van der Waals surface area (Å²) < 4.78 is 22.0. The molecule has 0 spiro atoms. The van der Waals surface area contributed by atoms with Crippen molar-refractivity contribution in [2.75, 3.05) is 20.0 Å². The van der Waals surface area contributed by atoms with E-state index in [2.05, 4.69) is 5.32 Å². The van der Waals surface area contributed by atoms with Crippen molar-refractivity contribution in [3.63, 3.8) is 0 Å². The highest BCUT2D eigenvalue weighted by molar-refractivity contribution is 7.10. The molecule has 1 aromatic heterocycles. The molecule has 3 aliphatic rings. The van der Waals surface area contributed by atoms with Crippen LogP contribution < -0.4 is 14.8 Å². The molecule has 3 atom stereocenters.